The molecule has 0 amide bonds. The minimum Gasteiger partial charge on any atom is -0.308 e. The molecule has 1 rings (SSSR count). The molecule has 150 valence electrons. The van der Waals surface area contributed by atoms with Crippen molar-refractivity contribution < 1.29 is 27.2 Å². The fraction of sp³-hybridized carbons (Fsp3) is 0.625. The minimum absolute atomic E-state index is 0.197. The summed E-state index contributed by atoms with van der Waals surface area (Å²) in [5.41, 5.74) is 0.971. The van der Waals surface area contributed by atoms with Crippen LogP contribution in [0.1, 0.15) is 49.1 Å². The summed E-state index contributed by atoms with van der Waals surface area (Å²) in [6.45, 7) is 7.62. The Balaban J connectivity index is 3.20. The van der Waals surface area contributed by atoms with Crippen molar-refractivity contribution in [3.63, 3.8) is 0 Å². The molecule has 0 aliphatic rings. The molecule has 0 spiro atoms. The lowest BCUT2D eigenvalue weighted by molar-refractivity contribution is 0.217. The molecular weight excluding hydrogens is 421 g/mol. The Hall–Kier alpha value is 0.1000. The zero-order valence-corrected chi connectivity index (χ0v) is 18.7. The van der Waals surface area contributed by atoms with E-state index in [1.165, 1.54) is 0 Å². The average Bonchev–Trinajstić information content (AvgIpc) is 2.61. The molecule has 0 bridgehead atoms. The lowest BCUT2D eigenvalue weighted by Gasteiger charge is -2.24. The summed E-state index contributed by atoms with van der Waals surface area (Å²) in [7, 11) is -7.12. The molecule has 6 nitrogen and oxygen atoms in total. The van der Waals surface area contributed by atoms with Crippen LogP contribution >= 0.6 is 38.4 Å². The lowest BCUT2D eigenvalue weighted by Crippen LogP contribution is -2.05. The fourth-order valence-electron chi connectivity index (χ4n) is 2.28. The second-order valence-electron chi connectivity index (χ2n) is 5.09. The normalized spacial score (nSPS) is 15.0. The Morgan fingerprint density at radius 1 is 0.769 bits per heavy atom. The standard InChI is InChI=1S/C16H26Cl2O6P2/c1-5-21-25(19,22-6-2)15(17)13-10-9-11-14(12-13)16(18)26(20,23-7-3)24-8-4/h9-12,15-16H,5-8H2,1-4H3. The van der Waals surface area contributed by atoms with Crippen LogP contribution in [-0.4, -0.2) is 26.4 Å². The molecule has 0 aliphatic heterocycles. The van der Waals surface area contributed by atoms with E-state index in [2.05, 4.69) is 0 Å². The third kappa shape index (κ3) is 6.05. The maximum absolute atomic E-state index is 12.9. The largest absolute Gasteiger partial charge is 0.352 e. The van der Waals surface area contributed by atoms with Gasteiger partial charge in [-0.3, -0.25) is 9.13 Å². The number of benzene rings is 1. The highest BCUT2D eigenvalue weighted by atomic mass is 35.5. The van der Waals surface area contributed by atoms with Gasteiger partial charge in [-0.05, 0) is 38.8 Å². The third-order valence-corrected chi connectivity index (χ3v) is 9.37. The smallest absolute Gasteiger partial charge is 0.308 e. The van der Waals surface area contributed by atoms with Crippen LogP contribution in [0.15, 0.2) is 24.3 Å². The molecule has 0 heterocycles. The Morgan fingerprint density at radius 2 is 1.08 bits per heavy atom. The summed E-state index contributed by atoms with van der Waals surface area (Å²) >= 11 is 12.8. The van der Waals surface area contributed by atoms with Gasteiger partial charge in [-0.25, -0.2) is 0 Å². The van der Waals surface area contributed by atoms with Crippen LogP contribution in [0.3, 0.4) is 0 Å². The van der Waals surface area contributed by atoms with Gasteiger partial charge in [0.05, 0.1) is 26.4 Å². The molecule has 2 atom stereocenters. The van der Waals surface area contributed by atoms with Crippen LogP contribution in [-0.2, 0) is 27.2 Å². The molecule has 0 N–H and O–H groups in total. The molecule has 1 aromatic carbocycles. The minimum atomic E-state index is -3.56. The van der Waals surface area contributed by atoms with E-state index in [0.717, 1.165) is 0 Å². The van der Waals surface area contributed by atoms with E-state index in [1.807, 2.05) is 0 Å². The maximum atomic E-state index is 12.9. The summed E-state index contributed by atoms with van der Waals surface area (Å²) in [6.07, 6.45) is 0. The highest BCUT2D eigenvalue weighted by Crippen LogP contribution is 2.65. The van der Waals surface area contributed by atoms with Crippen LogP contribution in [0.4, 0.5) is 0 Å². The zero-order chi connectivity index (χ0) is 19.8. The lowest BCUT2D eigenvalue weighted by atomic mass is 10.2. The predicted octanol–water partition coefficient (Wildman–Crippen LogP) is 6.69. The number of halogens is 2. The van der Waals surface area contributed by atoms with Crippen LogP contribution in [0.5, 0.6) is 0 Å². The highest BCUT2D eigenvalue weighted by Gasteiger charge is 2.38. The third-order valence-electron chi connectivity index (χ3n) is 3.25. The van der Waals surface area contributed by atoms with Crippen molar-refractivity contribution in [2.45, 2.75) is 37.9 Å². The van der Waals surface area contributed by atoms with E-state index in [1.54, 1.807) is 52.0 Å². The first-order chi connectivity index (χ1) is 12.3. The first kappa shape index (κ1) is 24.1. The van der Waals surface area contributed by atoms with E-state index in [9.17, 15) is 9.13 Å². The molecule has 0 saturated heterocycles. The Bertz CT molecular complexity index is 586. The highest BCUT2D eigenvalue weighted by molar-refractivity contribution is 7.56. The number of hydrogen-bond acceptors (Lipinski definition) is 6. The number of hydrogen-bond donors (Lipinski definition) is 0. The van der Waals surface area contributed by atoms with Crippen molar-refractivity contribution in [1.82, 2.24) is 0 Å². The summed E-state index contributed by atoms with van der Waals surface area (Å²) in [6, 6.07) is 6.66. The number of alkyl halides is 2. The fourth-order valence-corrected chi connectivity index (χ4v) is 6.39. The van der Waals surface area contributed by atoms with E-state index >= 15 is 0 Å². The van der Waals surface area contributed by atoms with Gasteiger partial charge in [0.15, 0.2) is 10.2 Å². The van der Waals surface area contributed by atoms with Gasteiger partial charge in [0.1, 0.15) is 0 Å². The van der Waals surface area contributed by atoms with Gasteiger partial charge < -0.3 is 18.1 Å². The zero-order valence-electron chi connectivity index (χ0n) is 15.4. The van der Waals surface area contributed by atoms with E-state index < -0.39 is 25.4 Å². The molecule has 2 unspecified atom stereocenters. The summed E-state index contributed by atoms with van der Waals surface area (Å²) in [4.78, 5) is 0. The summed E-state index contributed by atoms with van der Waals surface area (Å²) in [5, 5.41) is -2.05. The van der Waals surface area contributed by atoms with Gasteiger partial charge in [-0.2, -0.15) is 0 Å². The second-order valence-corrected chi connectivity index (χ2v) is 10.8. The Labute approximate surface area is 165 Å². The van der Waals surface area contributed by atoms with Gasteiger partial charge in [0, 0.05) is 0 Å². The van der Waals surface area contributed by atoms with Crippen molar-refractivity contribution in [2.24, 2.45) is 0 Å². The van der Waals surface area contributed by atoms with Crippen molar-refractivity contribution in [1.29, 1.82) is 0 Å². The molecule has 0 fully saturated rings. The van der Waals surface area contributed by atoms with Gasteiger partial charge in [0.25, 0.3) is 0 Å². The molecule has 0 aromatic heterocycles. The van der Waals surface area contributed by atoms with Crippen molar-refractivity contribution >= 4 is 38.4 Å². The van der Waals surface area contributed by atoms with Crippen molar-refractivity contribution in [3.8, 4) is 0 Å². The van der Waals surface area contributed by atoms with Crippen LogP contribution < -0.4 is 0 Å². The maximum Gasteiger partial charge on any atom is 0.352 e. The topological polar surface area (TPSA) is 71.1 Å². The van der Waals surface area contributed by atoms with Gasteiger partial charge in [-0.1, -0.05) is 24.3 Å². The van der Waals surface area contributed by atoms with E-state index in [4.69, 9.17) is 41.3 Å². The molecule has 1 aromatic rings. The SMILES string of the molecule is CCOP(=O)(OCC)C(Cl)c1cccc(C(Cl)P(=O)(OCC)OCC)c1. The molecule has 10 heteroatoms. The first-order valence-electron chi connectivity index (χ1n) is 8.43. The molecule has 26 heavy (non-hydrogen) atoms. The predicted molar refractivity (Wildman–Crippen MR) is 105 cm³/mol. The van der Waals surface area contributed by atoms with E-state index in [-0.39, 0.29) is 26.4 Å². The van der Waals surface area contributed by atoms with Crippen molar-refractivity contribution in [2.75, 3.05) is 26.4 Å². The van der Waals surface area contributed by atoms with Gasteiger partial charge in [0.2, 0.25) is 0 Å². The molecule has 0 saturated carbocycles. The van der Waals surface area contributed by atoms with Gasteiger partial charge >= 0.3 is 15.2 Å². The van der Waals surface area contributed by atoms with Crippen LogP contribution in [0.2, 0.25) is 0 Å². The molecule has 0 aliphatic carbocycles. The average molecular weight is 447 g/mol. The van der Waals surface area contributed by atoms with Crippen LogP contribution in [0.25, 0.3) is 0 Å². The van der Waals surface area contributed by atoms with E-state index in [0.29, 0.717) is 11.1 Å². The quantitative estimate of drug-likeness (QED) is 0.263. The summed E-state index contributed by atoms with van der Waals surface area (Å²) < 4.78 is 46.9. The Morgan fingerprint density at radius 3 is 1.35 bits per heavy atom. The van der Waals surface area contributed by atoms with Crippen LogP contribution in [0, 0.1) is 0 Å². The molecule has 0 radical (unpaired) electrons. The molecular formula is C16H26Cl2O6P2. The Kier molecular flexibility index (Phi) is 10.4. The second kappa shape index (κ2) is 11.2. The summed E-state index contributed by atoms with van der Waals surface area (Å²) in [5.74, 6) is 0. The van der Waals surface area contributed by atoms with Gasteiger partial charge in [-0.15, -0.1) is 23.2 Å². The monoisotopic (exact) mass is 446 g/mol. The number of rotatable bonds is 12. The van der Waals surface area contributed by atoms with Crippen molar-refractivity contribution in [3.05, 3.63) is 35.4 Å². The first-order valence-corrected chi connectivity index (χ1v) is 12.5.